The van der Waals surface area contributed by atoms with E-state index in [1.165, 1.54) is 5.56 Å². The van der Waals surface area contributed by atoms with Crippen LogP contribution in [0, 0.1) is 18.8 Å². The Bertz CT molecular complexity index is 547. The minimum absolute atomic E-state index is 0.0332. The Morgan fingerprint density at radius 2 is 1.68 bits per heavy atom. The maximum atomic E-state index is 12.7. The molecule has 1 atom stereocenters. The van der Waals surface area contributed by atoms with Crippen LogP contribution in [0.3, 0.4) is 0 Å². The molecule has 1 amide bonds. The summed E-state index contributed by atoms with van der Waals surface area (Å²) < 4.78 is 0. The number of carbonyl (C=O) groups is 2. The molecule has 1 saturated carbocycles. The summed E-state index contributed by atoms with van der Waals surface area (Å²) in [6.45, 7) is 4.10. The van der Waals surface area contributed by atoms with Crippen LogP contribution in [0.25, 0.3) is 0 Å². The van der Waals surface area contributed by atoms with Gasteiger partial charge in [0.1, 0.15) is 0 Å². The zero-order chi connectivity index (χ0) is 16.3. The first kappa shape index (κ1) is 16.5. The number of nitrogens with zero attached hydrogens (tertiary/aromatic N) is 1. The molecule has 1 aliphatic carbocycles. The van der Waals surface area contributed by atoms with Crippen molar-refractivity contribution < 1.29 is 14.7 Å². The van der Waals surface area contributed by atoms with Crippen molar-refractivity contribution in [2.75, 3.05) is 7.05 Å². The van der Waals surface area contributed by atoms with Gasteiger partial charge in [-0.2, -0.15) is 0 Å². The zero-order valence-corrected chi connectivity index (χ0v) is 13.6. The molecule has 1 aromatic carbocycles. The van der Waals surface area contributed by atoms with Gasteiger partial charge in [-0.15, -0.1) is 0 Å². The number of rotatable bonds is 4. The van der Waals surface area contributed by atoms with Crippen LogP contribution in [0.5, 0.6) is 0 Å². The molecule has 1 N–H and O–H groups in total. The summed E-state index contributed by atoms with van der Waals surface area (Å²) in [6.07, 6.45) is 2.58. The van der Waals surface area contributed by atoms with Gasteiger partial charge < -0.3 is 10.0 Å². The van der Waals surface area contributed by atoms with Gasteiger partial charge in [0.05, 0.1) is 12.0 Å². The quantitative estimate of drug-likeness (QED) is 0.927. The van der Waals surface area contributed by atoms with Crippen LogP contribution in [0.1, 0.15) is 49.8 Å². The van der Waals surface area contributed by atoms with Gasteiger partial charge in [0.15, 0.2) is 0 Å². The van der Waals surface area contributed by atoms with Gasteiger partial charge >= 0.3 is 5.97 Å². The molecule has 4 heteroatoms. The Balaban J connectivity index is 2.01. The SMILES string of the molecule is Cc1ccccc1C(C)N(C)C(=O)C1CCC(C(=O)O)CC1. The average Bonchev–Trinajstić information content (AvgIpc) is 2.53. The highest BCUT2D eigenvalue weighted by Crippen LogP contribution is 2.32. The summed E-state index contributed by atoms with van der Waals surface area (Å²) in [5.74, 6) is -0.901. The molecular formula is C18H25NO3. The summed E-state index contributed by atoms with van der Waals surface area (Å²) in [5.41, 5.74) is 2.35. The summed E-state index contributed by atoms with van der Waals surface area (Å²) in [4.78, 5) is 25.5. The maximum Gasteiger partial charge on any atom is 0.306 e. The van der Waals surface area contributed by atoms with Crippen molar-refractivity contribution in [1.82, 2.24) is 4.90 Å². The number of hydrogen-bond acceptors (Lipinski definition) is 2. The van der Waals surface area contributed by atoms with Crippen LogP contribution in [-0.4, -0.2) is 28.9 Å². The van der Waals surface area contributed by atoms with Crippen LogP contribution < -0.4 is 0 Å². The largest absolute Gasteiger partial charge is 0.481 e. The number of aryl methyl sites for hydroxylation is 1. The summed E-state index contributed by atoms with van der Waals surface area (Å²) >= 11 is 0. The molecule has 1 aromatic rings. The van der Waals surface area contributed by atoms with E-state index in [9.17, 15) is 9.59 Å². The third kappa shape index (κ3) is 3.49. The lowest BCUT2D eigenvalue weighted by Gasteiger charge is -2.32. The Hall–Kier alpha value is -1.84. The van der Waals surface area contributed by atoms with Crippen LogP contribution in [0.15, 0.2) is 24.3 Å². The number of amides is 1. The third-order valence-corrected chi connectivity index (χ3v) is 4.99. The van der Waals surface area contributed by atoms with Gasteiger partial charge in [-0.1, -0.05) is 24.3 Å². The number of hydrogen-bond donors (Lipinski definition) is 1. The van der Waals surface area contributed by atoms with E-state index in [1.807, 2.05) is 31.0 Å². The predicted octanol–water partition coefficient (Wildman–Crippen LogP) is 3.41. The van der Waals surface area contributed by atoms with Crippen molar-refractivity contribution in [3.05, 3.63) is 35.4 Å². The van der Waals surface area contributed by atoms with Crippen LogP contribution in [0.2, 0.25) is 0 Å². The second-order valence-electron chi connectivity index (χ2n) is 6.37. The molecule has 0 radical (unpaired) electrons. The lowest BCUT2D eigenvalue weighted by Crippen LogP contribution is -2.37. The van der Waals surface area contributed by atoms with Crippen molar-refractivity contribution in [3.63, 3.8) is 0 Å². The van der Waals surface area contributed by atoms with E-state index >= 15 is 0 Å². The van der Waals surface area contributed by atoms with Crippen molar-refractivity contribution in [3.8, 4) is 0 Å². The molecule has 2 rings (SSSR count). The van der Waals surface area contributed by atoms with Crippen molar-refractivity contribution in [1.29, 1.82) is 0 Å². The highest BCUT2D eigenvalue weighted by atomic mass is 16.4. The molecule has 0 bridgehead atoms. The van der Waals surface area contributed by atoms with Crippen LogP contribution >= 0.6 is 0 Å². The van der Waals surface area contributed by atoms with E-state index in [-0.39, 0.29) is 23.8 Å². The van der Waals surface area contributed by atoms with E-state index in [1.54, 1.807) is 0 Å². The number of carbonyl (C=O) groups excluding carboxylic acids is 1. The van der Waals surface area contributed by atoms with Gasteiger partial charge in [-0.25, -0.2) is 0 Å². The minimum atomic E-state index is -0.729. The van der Waals surface area contributed by atoms with Gasteiger partial charge in [0.25, 0.3) is 0 Å². The summed E-state index contributed by atoms with van der Waals surface area (Å²) in [7, 11) is 1.85. The fraction of sp³-hybridized carbons (Fsp3) is 0.556. The van der Waals surface area contributed by atoms with E-state index in [0.717, 1.165) is 5.56 Å². The highest BCUT2D eigenvalue weighted by molar-refractivity contribution is 5.79. The maximum absolute atomic E-state index is 12.7. The van der Waals surface area contributed by atoms with Crippen molar-refractivity contribution >= 4 is 11.9 Å². The molecule has 1 unspecified atom stereocenters. The topological polar surface area (TPSA) is 57.6 Å². The molecule has 0 heterocycles. The van der Waals surface area contributed by atoms with Gasteiger partial charge in [-0.3, -0.25) is 9.59 Å². The number of benzene rings is 1. The Kier molecular flexibility index (Phi) is 5.22. The first-order valence-corrected chi connectivity index (χ1v) is 7.96. The first-order chi connectivity index (χ1) is 10.4. The van der Waals surface area contributed by atoms with Crippen LogP contribution in [0.4, 0.5) is 0 Å². The fourth-order valence-corrected chi connectivity index (χ4v) is 3.33. The standard InChI is InChI=1S/C18H25NO3/c1-12-6-4-5-7-16(12)13(2)19(3)17(20)14-8-10-15(11-9-14)18(21)22/h4-7,13-15H,8-11H2,1-3H3,(H,21,22). The van der Waals surface area contributed by atoms with Gasteiger partial charge in [0, 0.05) is 13.0 Å². The fourth-order valence-electron chi connectivity index (χ4n) is 3.33. The number of aliphatic carboxylic acids is 1. The smallest absolute Gasteiger partial charge is 0.306 e. The first-order valence-electron chi connectivity index (χ1n) is 7.96. The summed E-state index contributed by atoms with van der Waals surface area (Å²) in [5, 5.41) is 9.04. The van der Waals surface area contributed by atoms with E-state index in [4.69, 9.17) is 5.11 Å². The molecule has 120 valence electrons. The minimum Gasteiger partial charge on any atom is -0.481 e. The third-order valence-electron chi connectivity index (χ3n) is 4.99. The molecule has 4 nitrogen and oxygen atoms in total. The monoisotopic (exact) mass is 303 g/mol. The molecule has 22 heavy (non-hydrogen) atoms. The van der Waals surface area contributed by atoms with Gasteiger partial charge in [-0.05, 0) is 50.7 Å². The Morgan fingerprint density at radius 1 is 1.14 bits per heavy atom. The Morgan fingerprint density at radius 3 is 2.23 bits per heavy atom. The van der Waals surface area contributed by atoms with Crippen molar-refractivity contribution in [2.45, 2.75) is 45.6 Å². The molecule has 1 aliphatic rings. The molecular weight excluding hydrogens is 278 g/mol. The zero-order valence-electron chi connectivity index (χ0n) is 13.6. The molecule has 0 spiro atoms. The normalized spacial score (nSPS) is 22.9. The van der Waals surface area contributed by atoms with E-state index < -0.39 is 5.97 Å². The second kappa shape index (κ2) is 6.95. The summed E-state index contributed by atoms with van der Waals surface area (Å²) in [6, 6.07) is 8.15. The van der Waals surface area contributed by atoms with E-state index in [0.29, 0.717) is 25.7 Å². The van der Waals surface area contributed by atoms with E-state index in [2.05, 4.69) is 19.1 Å². The predicted molar refractivity (Wildman–Crippen MR) is 85.4 cm³/mol. The highest BCUT2D eigenvalue weighted by Gasteiger charge is 2.32. The molecule has 1 fully saturated rings. The van der Waals surface area contributed by atoms with Gasteiger partial charge in [0.2, 0.25) is 5.91 Å². The molecule has 0 aromatic heterocycles. The number of carboxylic acids is 1. The van der Waals surface area contributed by atoms with Crippen molar-refractivity contribution in [2.24, 2.45) is 11.8 Å². The molecule has 0 aliphatic heterocycles. The average molecular weight is 303 g/mol. The lowest BCUT2D eigenvalue weighted by atomic mass is 9.81. The lowest BCUT2D eigenvalue weighted by molar-refractivity contribution is -0.145. The van der Waals surface area contributed by atoms with Crippen LogP contribution in [-0.2, 0) is 9.59 Å². The Labute approximate surface area is 132 Å². The molecule has 0 saturated heterocycles. The second-order valence-corrected chi connectivity index (χ2v) is 6.37. The number of carboxylic acid groups (broad SMARTS) is 1.